The number of nitro groups is 1. The van der Waals surface area contributed by atoms with E-state index in [4.69, 9.17) is 4.74 Å². The van der Waals surface area contributed by atoms with Gasteiger partial charge in [-0.05, 0) is 13.8 Å². The van der Waals surface area contributed by atoms with Gasteiger partial charge in [0.15, 0.2) is 0 Å². The Morgan fingerprint density at radius 2 is 1.95 bits per heavy atom. The molecule has 1 aliphatic rings. The lowest BCUT2D eigenvalue weighted by molar-refractivity contribution is -0.386. The summed E-state index contributed by atoms with van der Waals surface area (Å²) >= 11 is 0. The minimum absolute atomic E-state index is 0.0641. The molecule has 2 rings (SSSR count). The average Bonchev–Trinajstić information content (AvgIpc) is 2.28. The molecule has 0 fully saturated rings. The molecule has 1 N–H and O–H groups in total. The highest BCUT2D eigenvalue weighted by molar-refractivity contribution is 5.80. The zero-order chi connectivity index (χ0) is 15.3. The summed E-state index contributed by atoms with van der Waals surface area (Å²) in [6, 6.07) is 4.40. The molecule has 6 nitrogen and oxygen atoms in total. The van der Waals surface area contributed by atoms with Crippen molar-refractivity contribution >= 4 is 11.7 Å². The van der Waals surface area contributed by atoms with Crippen LogP contribution in [0.4, 0.5) is 5.69 Å². The number of nitrogens with zero attached hydrogens (tertiary/aromatic N) is 1. The quantitative estimate of drug-likeness (QED) is 0.664. The number of benzene rings is 1. The molecular weight excluding hydrogens is 262 g/mol. The molecule has 1 heterocycles. The number of carboxylic acids is 1. The molecule has 1 unspecified atom stereocenters. The van der Waals surface area contributed by atoms with Gasteiger partial charge < -0.3 is 9.84 Å². The Labute approximate surface area is 116 Å². The molecular formula is C14H17NO5. The van der Waals surface area contributed by atoms with Crippen LogP contribution in [0.25, 0.3) is 0 Å². The van der Waals surface area contributed by atoms with Gasteiger partial charge in [0.25, 0.3) is 0 Å². The molecule has 0 saturated heterocycles. The van der Waals surface area contributed by atoms with Crippen LogP contribution in [-0.4, -0.2) is 21.6 Å². The van der Waals surface area contributed by atoms with Crippen LogP contribution in [0.2, 0.25) is 0 Å². The zero-order valence-corrected chi connectivity index (χ0v) is 11.8. The van der Waals surface area contributed by atoms with Crippen LogP contribution < -0.4 is 4.74 Å². The number of rotatable bonds is 2. The van der Waals surface area contributed by atoms with Crippen LogP contribution in [0.5, 0.6) is 5.75 Å². The van der Waals surface area contributed by atoms with E-state index >= 15 is 0 Å². The van der Waals surface area contributed by atoms with Crippen LogP contribution >= 0.6 is 0 Å². The van der Waals surface area contributed by atoms with Crippen LogP contribution in [0.15, 0.2) is 18.2 Å². The van der Waals surface area contributed by atoms with Crippen molar-refractivity contribution < 1.29 is 19.6 Å². The first kappa shape index (κ1) is 14.3. The van der Waals surface area contributed by atoms with E-state index in [1.807, 2.05) is 0 Å². The van der Waals surface area contributed by atoms with Crippen molar-refractivity contribution in [3.8, 4) is 5.75 Å². The van der Waals surface area contributed by atoms with Crippen molar-refractivity contribution in [1.82, 2.24) is 0 Å². The number of ether oxygens (including phenoxy) is 1. The second kappa shape index (κ2) is 4.19. The normalized spacial score (nSPS) is 22.5. The lowest BCUT2D eigenvalue weighted by Crippen LogP contribution is -2.53. The van der Waals surface area contributed by atoms with Crippen molar-refractivity contribution in [2.24, 2.45) is 5.41 Å². The second-order valence-corrected chi connectivity index (χ2v) is 6.06. The van der Waals surface area contributed by atoms with Gasteiger partial charge in [0.05, 0.1) is 10.8 Å². The summed E-state index contributed by atoms with van der Waals surface area (Å²) in [7, 11) is 0. The summed E-state index contributed by atoms with van der Waals surface area (Å²) in [5, 5.41) is 20.7. The van der Waals surface area contributed by atoms with Gasteiger partial charge in [-0.2, -0.15) is 0 Å². The number of para-hydroxylation sites is 1. The minimum atomic E-state index is -1.01. The van der Waals surface area contributed by atoms with E-state index in [1.54, 1.807) is 33.8 Å². The number of carboxylic acid groups (broad SMARTS) is 1. The first-order chi connectivity index (χ1) is 9.09. The molecule has 0 radical (unpaired) electrons. The number of aliphatic carboxylic acids is 1. The third-order valence-corrected chi connectivity index (χ3v) is 4.41. The molecule has 1 atom stereocenters. The van der Waals surface area contributed by atoms with Crippen molar-refractivity contribution in [1.29, 1.82) is 0 Å². The molecule has 0 spiro atoms. The molecule has 0 amide bonds. The number of fused-ring (bicyclic) bond motifs is 1. The van der Waals surface area contributed by atoms with Gasteiger partial charge in [0.2, 0.25) is 5.75 Å². The van der Waals surface area contributed by atoms with E-state index in [-0.39, 0.29) is 11.4 Å². The van der Waals surface area contributed by atoms with Gasteiger partial charge in [0, 0.05) is 17.0 Å². The van der Waals surface area contributed by atoms with E-state index in [1.165, 1.54) is 12.1 Å². The summed E-state index contributed by atoms with van der Waals surface area (Å²) in [5.74, 6) is -1.80. The maximum Gasteiger partial charge on any atom is 0.311 e. The predicted molar refractivity (Wildman–Crippen MR) is 72.0 cm³/mol. The van der Waals surface area contributed by atoms with Crippen LogP contribution in [-0.2, 0) is 4.79 Å². The number of carbonyl (C=O) groups is 1. The van der Waals surface area contributed by atoms with Gasteiger partial charge in [-0.3, -0.25) is 14.9 Å². The molecule has 0 bridgehead atoms. The minimum Gasteiger partial charge on any atom is -0.481 e. The van der Waals surface area contributed by atoms with Crippen LogP contribution in [0, 0.1) is 15.5 Å². The highest BCUT2D eigenvalue weighted by Gasteiger charge is 2.54. The smallest absolute Gasteiger partial charge is 0.311 e. The average molecular weight is 279 g/mol. The number of hydrogen-bond donors (Lipinski definition) is 1. The second-order valence-electron chi connectivity index (χ2n) is 6.06. The Balaban J connectivity index is 2.76. The van der Waals surface area contributed by atoms with E-state index in [0.717, 1.165) is 0 Å². The van der Waals surface area contributed by atoms with Crippen molar-refractivity contribution in [2.45, 2.75) is 39.2 Å². The fourth-order valence-corrected chi connectivity index (χ4v) is 2.59. The van der Waals surface area contributed by atoms with E-state index in [0.29, 0.717) is 5.56 Å². The molecule has 0 aromatic heterocycles. The van der Waals surface area contributed by atoms with Gasteiger partial charge in [-0.1, -0.05) is 26.0 Å². The molecule has 0 aliphatic carbocycles. The fourth-order valence-electron chi connectivity index (χ4n) is 2.59. The van der Waals surface area contributed by atoms with Crippen molar-refractivity contribution in [3.05, 3.63) is 33.9 Å². The summed E-state index contributed by atoms with van der Waals surface area (Å²) in [6.45, 7) is 7.10. The maximum atomic E-state index is 11.7. The zero-order valence-electron chi connectivity index (χ0n) is 11.8. The Hall–Kier alpha value is -2.11. The molecule has 108 valence electrons. The topological polar surface area (TPSA) is 89.7 Å². The van der Waals surface area contributed by atoms with Gasteiger partial charge >= 0.3 is 11.7 Å². The summed E-state index contributed by atoms with van der Waals surface area (Å²) < 4.78 is 5.80. The first-order valence-corrected chi connectivity index (χ1v) is 6.28. The third-order valence-electron chi connectivity index (χ3n) is 4.41. The Kier molecular flexibility index (Phi) is 3.00. The van der Waals surface area contributed by atoms with E-state index in [2.05, 4.69) is 0 Å². The first-order valence-electron chi connectivity index (χ1n) is 6.28. The monoisotopic (exact) mass is 279 g/mol. The molecule has 20 heavy (non-hydrogen) atoms. The highest BCUT2D eigenvalue weighted by Crippen LogP contribution is 2.55. The Morgan fingerprint density at radius 1 is 1.35 bits per heavy atom. The van der Waals surface area contributed by atoms with Gasteiger partial charge in [-0.15, -0.1) is 0 Å². The summed E-state index contributed by atoms with van der Waals surface area (Å²) in [5.41, 5.74) is -1.38. The summed E-state index contributed by atoms with van der Waals surface area (Å²) in [6.07, 6.45) is 0. The van der Waals surface area contributed by atoms with Crippen LogP contribution in [0.3, 0.4) is 0 Å². The molecule has 0 saturated carbocycles. The van der Waals surface area contributed by atoms with E-state index < -0.39 is 27.8 Å². The standard InChI is InChI=1S/C14H17NO5/c1-13(2)10(12(16)17)8-6-5-7-9(15(18)19)11(8)20-14(13,3)4/h5-7,10H,1-4H3,(H,16,17). The lowest BCUT2D eigenvalue weighted by Gasteiger charge is -2.49. The fraction of sp³-hybridized carbons (Fsp3) is 0.500. The SMILES string of the molecule is CC1(C)Oc2c(cccc2[N+](=O)[O-])C(C(=O)O)C1(C)C. The van der Waals surface area contributed by atoms with Crippen LogP contribution in [0.1, 0.15) is 39.2 Å². The molecule has 1 aromatic rings. The van der Waals surface area contributed by atoms with E-state index in [9.17, 15) is 20.0 Å². The van der Waals surface area contributed by atoms with Crippen molar-refractivity contribution in [3.63, 3.8) is 0 Å². The number of hydrogen-bond acceptors (Lipinski definition) is 4. The maximum absolute atomic E-state index is 11.7. The summed E-state index contributed by atoms with van der Waals surface area (Å²) in [4.78, 5) is 22.2. The van der Waals surface area contributed by atoms with Gasteiger partial charge in [-0.25, -0.2) is 0 Å². The lowest BCUT2D eigenvalue weighted by atomic mass is 9.63. The van der Waals surface area contributed by atoms with Crippen molar-refractivity contribution in [2.75, 3.05) is 0 Å². The number of nitro benzene ring substituents is 1. The molecule has 1 aromatic carbocycles. The van der Waals surface area contributed by atoms with Gasteiger partial charge in [0.1, 0.15) is 5.60 Å². The Morgan fingerprint density at radius 3 is 2.45 bits per heavy atom. The predicted octanol–water partition coefficient (Wildman–Crippen LogP) is 2.96. The Bertz CT molecular complexity index is 591. The third kappa shape index (κ3) is 1.83. The highest BCUT2D eigenvalue weighted by atomic mass is 16.6. The largest absolute Gasteiger partial charge is 0.481 e. The molecule has 6 heteroatoms. The molecule has 1 aliphatic heterocycles.